The van der Waals surface area contributed by atoms with Gasteiger partial charge in [-0.25, -0.2) is 4.68 Å². The minimum absolute atomic E-state index is 0.119. The number of hydrogen-bond acceptors (Lipinski definition) is 5. The SMILES string of the molecule is C=CC(=O)N1CCc2nn(-c3ccc(C4CC4)cc3)c3c2[C@H](C1)N(C(=O)c1ccc(C2(C#N)CC2)nc1)CC3. The van der Waals surface area contributed by atoms with E-state index in [2.05, 4.69) is 46.6 Å². The van der Waals surface area contributed by atoms with Gasteiger partial charge in [0.2, 0.25) is 5.91 Å². The number of nitrogens with zero attached hydrogens (tertiary/aromatic N) is 6. The van der Waals surface area contributed by atoms with Gasteiger partial charge in [-0.2, -0.15) is 10.4 Å². The number of carbonyl (C=O) groups excluding carboxylic acids is 2. The van der Waals surface area contributed by atoms with Crippen LogP contribution in [0.5, 0.6) is 0 Å². The zero-order chi connectivity index (χ0) is 26.7. The molecule has 2 aliphatic heterocycles. The number of aromatic nitrogens is 3. The number of benzene rings is 1. The normalized spacial score (nSPS) is 20.9. The van der Waals surface area contributed by atoms with E-state index < -0.39 is 5.41 Å². The maximum atomic E-state index is 13.9. The van der Waals surface area contributed by atoms with Crippen LogP contribution >= 0.6 is 0 Å². The summed E-state index contributed by atoms with van der Waals surface area (Å²) in [6.45, 7) is 5.12. The quantitative estimate of drug-likeness (QED) is 0.476. The summed E-state index contributed by atoms with van der Waals surface area (Å²) >= 11 is 0. The zero-order valence-electron chi connectivity index (χ0n) is 21.8. The lowest BCUT2D eigenvalue weighted by molar-refractivity contribution is -0.126. The first kappa shape index (κ1) is 23.8. The average molecular weight is 519 g/mol. The van der Waals surface area contributed by atoms with E-state index in [0.29, 0.717) is 44.0 Å². The summed E-state index contributed by atoms with van der Waals surface area (Å²) in [7, 11) is 0. The first-order chi connectivity index (χ1) is 19.0. The van der Waals surface area contributed by atoms with Crippen molar-refractivity contribution in [2.45, 2.75) is 55.9 Å². The van der Waals surface area contributed by atoms with Gasteiger partial charge in [-0.3, -0.25) is 14.6 Å². The third-order valence-electron chi connectivity index (χ3n) is 8.81. The molecule has 2 fully saturated rings. The molecule has 8 heteroatoms. The molecular weight excluding hydrogens is 488 g/mol. The molecule has 4 heterocycles. The number of pyridine rings is 1. The van der Waals surface area contributed by atoms with Crippen molar-refractivity contribution in [2.75, 3.05) is 19.6 Å². The van der Waals surface area contributed by atoms with E-state index in [1.165, 1.54) is 24.5 Å². The highest BCUT2D eigenvalue weighted by Crippen LogP contribution is 2.46. The summed E-state index contributed by atoms with van der Waals surface area (Å²) in [6.07, 6.45) is 8.39. The van der Waals surface area contributed by atoms with Crippen molar-refractivity contribution in [3.63, 3.8) is 0 Å². The topological polar surface area (TPSA) is 95.1 Å². The van der Waals surface area contributed by atoms with Gasteiger partial charge in [0, 0.05) is 44.2 Å². The van der Waals surface area contributed by atoms with E-state index in [9.17, 15) is 14.9 Å². The molecule has 1 atom stereocenters. The third kappa shape index (κ3) is 3.95. The minimum Gasteiger partial charge on any atom is -0.336 e. The molecule has 0 N–H and O–H groups in total. The van der Waals surface area contributed by atoms with Crippen LogP contribution in [0.1, 0.15) is 76.2 Å². The number of carbonyl (C=O) groups is 2. The Morgan fingerprint density at radius 3 is 2.51 bits per heavy atom. The molecule has 39 heavy (non-hydrogen) atoms. The van der Waals surface area contributed by atoms with E-state index in [-0.39, 0.29) is 17.9 Å². The molecule has 1 aromatic carbocycles. The molecule has 2 aliphatic carbocycles. The fourth-order valence-electron chi connectivity index (χ4n) is 6.20. The van der Waals surface area contributed by atoms with Crippen LogP contribution in [0.4, 0.5) is 0 Å². The summed E-state index contributed by atoms with van der Waals surface area (Å²) < 4.78 is 2.05. The molecule has 0 saturated heterocycles. The van der Waals surface area contributed by atoms with E-state index in [1.807, 2.05) is 11.0 Å². The van der Waals surface area contributed by atoms with Crippen molar-refractivity contribution in [3.8, 4) is 11.8 Å². The number of nitriles is 1. The van der Waals surface area contributed by atoms with Crippen LogP contribution in [0.25, 0.3) is 5.69 Å². The molecule has 7 rings (SSSR count). The van der Waals surface area contributed by atoms with Crippen molar-refractivity contribution in [1.82, 2.24) is 24.6 Å². The fourth-order valence-corrected chi connectivity index (χ4v) is 6.20. The van der Waals surface area contributed by atoms with Gasteiger partial charge in [0.05, 0.1) is 45.9 Å². The molecule has 0 bridgehead atoms. The van der Waals surface area contributed by atoms with Crippen LogP contribution in [0, 0.1) is 11.3 Å². The van der Waals surface area contributed by atoms with E-state index in [0.717, 1.165) is 41.2 Å². The number of amides is 2. The molecule has 0 radical (unpaired) electrons. The van der Waals surface area contributed by atoms with Gasteiger partial charge in [0.1, 0.15) is 0 Å². The standard InChI is InChI=1S/C31H30N6O2/c1-2-28(38)35-15-11-24-29-25(37(34-24)23-8-5-21(6-9-23)20-3-4-20)12-16-36(26(29)18-35)30(39)22-7-10-27(33-17-22)31(19-32)13-14-31/h2,5-10,17,20,26H,1,3-4,11-16,18H2/t26-/m0/s1. The molecule has 2 amide bonds. The van der Waals surface area contributed by atoms with Gasteiger partial charge in [-0.1, -0.05) is 18.7 Å². The van der Waals surface area contributed by atoms with Crippen molar-refractivity contribution < 1.29 is 9.59 Å². The molecule has 196 valence electrons. The van der Waals surface area contributed by atoms with Gasteiger partial charge >= 0.3 is 0 Å². The Balaban J connectivity index is 1.24. The van der Waals surface area contributed by atoms with Crippen molar-refractivity contribution in [2.24, 2.45) is 0 Å². The van der Waals surface area contributed by atoms with Crippen molar-refractivity contribution >= 4 is 11.8 Å². The smallest absolute Gasteiger partial charge is 0.256 e. The number of rotatable bonds is 5. The summed E-state index contributed by atoms with van der Waals surface area (Å²) in [5.74, 6) is 0.440. The Labute approximate surface area is 227 Å². The van der Waals surface area contributed by atoms with E-state index >= 15 is 0 Å². The second-order valence-electron chi connectivity index (χ2n) is 11.2. The Morgan fingerprint density at radius 1 is 1.08 bits per heavy atom. The summed E-state index contributed by atoms with van der Waals surface area (Å²) in [4.78, 5) is 34.7. The fraction of sp³-hybridized carbons (Fsp3) is 0.387. The van der Waals surface area contributed by atoms with Gasteiger partial charge < -0.3 is 9.80 Å². The van der Waals surface area contributed by atoms with Gasteiger partial charge in [0.15, 0.2) is 0 Å². The van der Waals surface area contributed by atoms with Crippen LogP contribution < -0.4 is 0 Å². The van der Waals surface area contributed by atoms with Crippen LogP contribution in [0.2, 0.25) is 0 Å². The maximum Gasteiger partial charge on any atom is 0.256 e. The maximum absolute atomic E-state index is 13.9. The second kappa shape index (κ2) is 8.91. The predicted molar refractivity (Wildman–Crippen MR) is 144 cm³/mol. The molecule has 2 saturated carbocycles. The first-order valence-corrected chi connectivity index (χ1v) is 13.8. The average Bonchev–Trinajstić information content (AvgIpc) is 3.91. The first-order valence-electron chi connectivity index (χ1n) is 13.8. The number of hydrogen-bond donors (Lipinski definition) is 0. The highest BCUT2D eigenvalue weighted by atomic mass is 16.2. The van der Waals surface area contributed by atoms with E-state index in [4.69, 9.17) is 5.10 Å². The third-order valence-corrected chi connectivity index (χ3v) is 8.81. The molecular formula is C31H30N6O2. The van der Waals surface area contributed by atoms with Crippen LogP contribution in [-0.4, -0.2) is 56.0 Å². The van der Waals surface area contributed by atoms with Crippen LogP contribution in [-0.2, 0) is 23.1 Å². The van der Waals surface area contributed by atoms with E-state index in [1.54, 1.807) is 17.2 Å². The van der Waals surface area contributed by atoms with Crippen molar-refractivity contribution in [1.29, 1.82) is 5.26 Å². The van der Waals surface area contributed by atoms with Crippen molar-refractivity contribution in [3.05, 3.63) is 89.0 Å². The summed E-state index contributed by atoms with van der Waals surface area (Å²) in [6, 6.07) is 14.4. The van der Waals surface area contributed by atoms with Gasteiger partial charge in [0.25, 0.3) is 5.91 Å². The molecule has 8 nitrogen and oxygen atoms in total. The lowest BCUT2D eigenvalue weighted by Crippen LogP contribution is -2.45. The molecule has 2 aromatic heterocycles. The Hall–Kier alpha value is -4.25. The molecule has 0 spiro atoms. The van der Waals surface area contributed by atoms with Crippen LogP contribution in [0.15, 0.2) is 55.3 Å². The summed E-state index contributed by atoms with van der Waals surface area (Å²) in [5, 5.41) is 14.6. The largest absolute Gasteiger partial charge is 0.336 e. The summed E-state index contributed by atoms with van der Waals surface area (Å²) in [5.41, 5.74) is 6.27. The lowest BCUT2D eigenvalue weighted by atomic mass is 9.94. The Morgan fingerprint density at radius 2 is 1.87 bits per heavy atom. The monoisotopic (exact) mass is 518 g/mol. The highest BCUT2D eigenvalue weighted by Gasteiger charge is 2.46. The minimum atomic E-state index is -0.491. The Kier molecular flexibility index (Phi) is 5.44. The highest BCUT2D eigenvalue weighted by molar-refractivity contribution is 5.94. The molecule has 0 unspecified atom stereocenters. The van der Waals surface area contributed by atoms with Gasteiger partial charge in [-0.05, 0) is 67.5 Å². The molecule has 4 aliphatic rings. The second-order valence-corrected chi connectivity index (χ2v) is 11.2. The zero-order valence-corrected chi connectivity index (χ0v) is 21.8. The Bertz CT molecular complexity index is 1520. The van der Waals surface area contributed by atoms with Gasteiger partial charge in [-0.15, -0.1) is 0 Å². The molecule has 3 aromatic rings. The predicted octanol–water partition coefficient (Wildman–Crippen LogP) is 4.01. The van der Waals surface area contributed by atoms with Crippen LogP contribution in [0.3, 0.4) is 0 Å². The lowest BCUT2D eigenvalue weighted by Gasteiger charge is -2.37.